The Morgan fingerprint density at radius 2 is 1.92 bits per heavy atom. The summed E-state index contributed by atoms with van der Waals surface area (Å²) in [6.45, 7) is 0. The van der Waals surface area contributed by atoms with E-state index in [9.17, 15) is 9.59 Å². The van der Waals surface area contributed by atoms with Crippen LogP contribution in [0.3, 0.4) is 0 Å². The van der Waals surface area contributed by atoms with Gasteiger partial charge < -0.3 is 10.4 Å². The van der Waals surface area contributed by atoms with E-state index in [1.54, 1.807) is 23.6 Å². The topological polar surface area (TPSA) is 91.3 Å². The number of carbonyl (C=O) groups excluding carboxylic acids is 1. The first-order valence-corrected chi connectivity index (χ1v) is 8.38. The molecule has 7 heteroatoms. The van der Waals surface area contributed by atoms with Crippen LogP contribution in [-0.2, 0) is 11.2 Å². The first-order valence-electron chi connectivity index (χ1n) is 7.57. The number of rotatable bonds is 3. The van der Waals surface area contributed by atoms with Crippen molar-refractivity contribution in [2.45, 2.75) is 6.42 Å². The van der Waals surface area contributed by atoms with Crippen molar-refractivity contribution >= 4 is 34.7 Å². The minimum Gasteiger partial charge on any atom is -0.465 e. The van der Waals surface area contributed by atoms with Gasteiger partial charge in [0.15, 0.2) is 0 Å². The molecule has 2 amide bonds. The van der Waals surface area contributed by atoms with Crippen molar-refractivity contribution < 1.29 is 14.7 Å². The Balaban J connectivity index is 1.64. The number of thiophene rings is 1. The number of carbonyl (C=O) groups is 2. The number of anilines is 2. The Kier molecular flexibility index (Phi) is 3.70. The largest absolute Gasteiger partial charge is 0.465 e. The Labute approximate surface area is 147 Å². The summed E-state index contributed by atoms with van der Waals surface area (Å²) in [7, 11) is 0. The highest BCUT2D eigenvalue weighted by Crippen LogP contribution is 2.37. The normalized spacial score (nSPS) is 12.6. The van der Waals surface area contributed by atoms with Crippen molar-refractivity contribution in [2.24, 2.45) is 0 Å². The highest BCUT2D eigenvalue weighted by atomic mass is 32.1. The molecule has 4 rings (SSSR count). The molecule has 0 aliphatic carbocycles. The second-order valence-electron chi connectivity index (χ2n) is 5.65. The maximum absolute atomic E-state index is 11.5. The zero-order chi connectivity index (χ0) is 17.4. The van der Waals surface area contributed by atoms with Gasteiger partial charge in [-0.1, -0.05) is 6.07 Å². The lowest BCUT2D eigenvalue weighted by Crippen LogP contribution is -2.07. The van der Waals surface area contributed by atoms with Crippen molar-refractivity contribution in [1.29, 1.82) is 0 Å². The molecule has 1 aliphatic heterocycles. The molecule has 0 saturated carbocycles. The summed E-state index contributed by atoms with van der Waals surface area (Å²) in [5.74, 6) is 0.0211. The summed E-state index contributed by atoms with van der Waals surface area (Å²) < 4.78 is 0. The van der Waals surface area contributed by atoms with Crippen LogP contribution in [0.25, 0.3) is 20.9 Å². The molecule has 1 aromatic carbocycles. The van der Waals surface area contributed by atoms with E-state index in [1.165, 1.54) is 6.20 Å². The molecule has 124 valence electrons. The predicted octanol–water partition coefficient (Wildman–Crippen LogP) is 4.06. The molecule has 0 atom stereocenters. The fraction of sp³-hybridized carbons (Fsp3) is 0.0556. The summed E-state index contributed by atoms with van der Waals surface area (Å²) >= 11 is 1.59. The quantitative estimate of drug-likeness (QED) is 0.663. The monoisotopic (exact) mass is 351 g/mol. The predicted molar refractivity (Wildman–Crippen MR) is 97.0 cm³/mol. The highest BCUT2D eigenvalue weighted by molar-refractivity contribution is 7.18. The summed E-state index contributed by atoms with van der Waals surface area (Å²) in [6.07, 6.45) is 2.46. The van der Waals surface area contributed by atoms with E-state index in [0.717, 1.165) is 32.1 Å². The lowest BCUT2D eigenvalue weighted by molar-refractivity contribution is -0.115. The van der Waals surface area contributed by atoms with Crippen molar-refractivity contribution in [1.82, 2.24) is 4.98 Å². The smallest absolute Gasteiger partial charge is 0.409 e. The number of fused-ring (bicyclic) bond motifs is 1. The molecular weight excluding hydrogens is 338 g/mol. The van der Waals surface area contributed by atoms with Crippen LogP contribution in [0, 0.1) is 0 Å². The van der Waals surface area contributed by atoms with Crippen LogP contribution in [0.5, 0.6) is 0 Å². The molecular formula is C18H13N3O3S. The average Bonchev–Trinajstić information content (AvgIpc) is 3.19. The molecule has 25 heavy (non-hydrogen) atoms. The van der Waals surface area contributed by atoms with Crippen LogP contribution in [0.15, 0.2) is 48.8 Å². The molecule has 3 N–H and O–H groups in total. The third-order valence-corrected chi connectivity index (χ3v) is 5.08. The fourth-order valence-corrected chi connectivity index (χ4v) is 3.78. The minimum absolute atomic E-state index is 0.0211. The van der Waals surface area contributed by atoms with Crippen LogP contribution in [0.4, 0.5) is 16.2 Å². The first kappa shape index (κ1) is 15.3. The third kappa shape index (κ3) is 3.09. The van der Waals surface area contributed by atoms with Crippen LogP contribution < -0.4 is 10.6 Å². The van der Waals surface area contributed by atoms with Gasteiger partial charge in [0.05, 0.1) is 18.3 Å². The molecule has 0 spiro atoms. The van der Waals surface area contributed by atoms with Crippen LogP contribution >= 0.6 is 11.3 Å². The lowest BCUT2D eigenvalue weighted by Gasteiger charge is -2.03. The molecule has 3 heterocycles. The van der Waals surface area contributed by atoms with Crippen molar-refractivity contribution in [3.8, 4) is 20.9 Å². The maximum atomic E-state index is 11.5. The van der Waals surface area contributed by atoms with Gasteiger partial charge in [-0.25, -0.2) is 4.79 Å². The first-order chi connectivity index (χ1) is 12.1. The molecule has 0 radical (unpaired) electrons. The van der Waals surface area contributed by atoms with Gasteiger partial charge in [0.1, 0.15) is 0 Å². The Hall–Kier alpha value is -3.19. The Morgan fingerprint density at radius 1 is 1.12 bits per heavy atom. The van der Waals surface area contributed by atoms with Gasteiger partial charge in [0, 0.05) is 27.2 Å². The molecule has 3 aromatic rings. The van der Waals surface area contributed by atoms with Crippen molar-refractivity contribution in [2.75, 3.05) is 10.6 Å². The second-order valence-corrected chi connectivity index (χ2v) is 6.74. The Morgan fingerprint density at radius 3 is 2.72 bits per heavy atom. The van der Waals surface area contributed by atoms with Crippen LogP contribution in [0.2, 0.25) is 0 Å². The van der Waals surface area contributed by atoms with E-state index < -0.39 is 6.09 Å². The van der Waals surface area contributed by atoms with Gasteiger partial charge in [-0.3, -0.25) is 15.1 Å². The van der Waals surface area contributed by atoms with Crippen molar-refractivity contribution in [3.63, 3.8) is 0 Å². The molecule has 0 fully saturated rings. The number of hydrogen-bond acceptors (Lipinski definition) is 4. The zero-order valence-corrected chi connectivity index (χ0v) is 13.8. The summed E-state index contributed by atoms with van der Waals surface area (Å²) in [6, 6.07) is 11.7. The van der Waals surface area contributed by atoms with Crippen LogP contribution in [0.1, 0.15) is 5.56 Å². The van der Waals surface area contributed by atoms with E-state index in [0.29, 0.717) is 12.1 Å². The zero-order valence-electron chi connectivity index (χ0n) is 12.9. The number of nitrogens with zero attached hydrogens (tertiary/aromatic N) is 1. The number of carboxylic acid groups (broad SMARTS) is 1. The second kappa shape index (κ2) is 6.03. The average molecular weight is 351 g/mol. The number of hydrogen-bond donors (Lipinski definition) is 3. The van der Waals surface area contributed by atoms with E-state index in [1.807, 2.05) is 30.3 Å². The summed E-state index contributed by atoms with van der Waals surface area (Å²) in [5, 5.41) is 13.9. The minimum atomic E-state index is -1.12. The number of amides is 2. The lowest BCUT2D eigenvalue weighted by atomic mass is 10.1. The van der Waals surface area contributed by atoms with Gasteiger partial charge in [-0.2, -0.15) is 0 Å². The number of aromatic nitrogens is 1. The van der Waals surface area contributed by atoms with E-state index in [-0.39, 0.29) is 5.91 Å². The van der Waals surface area contributed by atoms with Gasteiger partial charge in [-0.05, 0) is 41.5 Å². The molecule has 0 saturated heterocycles. The number of pyridine rings is 1. The van der Waals surface area contributed by atoms with E-state index in [4.69, 9.17) is 5.11 Å². The Bertz CT molecular complexity index is 997. The van der Waals surface area contributed by atoms with Gasteiger partial charge in [0.25, 0.3) is 0 Å². The molecule has 0 bridgehead atoms. The third-order valence-electron chi connectivity index (χ3n) is 3.89. The molecule has 1 aliphatic rings. The number of nitrogens with one attached hydrogen (secondary N) is 2. The maximum Gasteiger partial charge on any atom is 0.409 e. The van der Waals surface area contributed by atoms with E-state index >= 15 is 0 Å². The highest BCUT2D eigenvalue weighted by Gasteiger charge is 2.18. The van der Waals surface area contributed by atoms with E-state index in [2.05, 4.69) is 15.6 Å². The number of benzene rings is 1. The van der Waals surface area contributed by atoms with Gasteiger partial charge in [0.2, 0.25) is 5.91 Å². The van der Waals surface area contributed by atoms with Crippen molar-refractivity contribution in [3.05, 3.63) is 54.4 Å². The van der Waals surface area contributed by atoms with Gasteiger partial charge >= 0.3 is 6.09 Å². The summed E-state index contributed by atoms with van der Waals surface area (Å²) in [5.41, 5.74) is 4.22. The SMILES string of the molecule is O=C(O)Nc1cncc(-c2ccc(-c3ccc4c(c3)CC(=O)N4)s2)c1. The van der Waals surface area contributed by atoms with Gasteiger partial charge in [-0.15, -0.1) is 11.3 Å². The molecule has 2 aromatic heterocycles. The van der Waals surface area contributed by atoms with Crippen LogP contribution in [-0.4, -0.2) is 22.1 Å². The molecule has 6 nitrogen and oxygen atoms in total. The molecule has 0 unspecified atom stereocenters. The summed E-state index contributed by atoms with van der Waals surface area (Å²) in [4.78, 5) is 28.4. The standard InChI is InChI=1S/C18H13N3O3S/c22-17-7-11-5-10(1-2-14(11)21-17)15-3-4-16(25-15)12-6-13(9-19-8-12)20-18(23)24/h1-6,8-9,20H,7H2,(H,21,22)(H,23,24). The fourth-order valence-electron chi connectivity index (χ4n) is 2.80.